The minimum absolute atomic E-state index is 0.0150. The Bertz CT molecular complexity index is 1170. The maximum absolute atomic E-state index is 13.2. The van der Waals surface area contributed by atoms with Crippen LogP contribution < -0.4 is 4.90 Å². The van der Waals surface area contributed by atoms with Crippen LogP contribution in [0.25, 0.3) is 0 Å². The predicted octanol–water partition coefficient (Wildman–Crippen LogP) is 2.21. The van der Waals surface area contributed by atoms with Gasteiger partial charge in [0.25, 0.3) is 11.8 Å². The first-order valence-corrected chi connectivity index (χ1v) is 11.5. The molecular weight excluding hydrogens is 432 g/mol. The van der Waals surface area contributed by atoms with Gasteiger partial charge in [-0.15, -0.1) is 5.10 Å². The number of hydrogen-bond acceptors (Lipinski definition) is 6. The van der Waals surface area contributed by atoms with E-state index in [0.29, 0.717) is 49.7 Å². The van der Waals surface area contributed by atoms with E-state index in [1.165, 1.54) is 0 Å². The average molecular weight is 461 g/mol. The minimum Gasteiger partial charge on any atom is -0.378 e. The normalized spacial score (nSPS) is 17.9. The maximum Gasteiger partial charge on any atom is 0.276 e. The zero-order valence-corrected chi connectivity index (χ0v) is 19.4. The van der Waals surface area contributed by atoms with Crippen LogP contribution >= 0.6 is 0 Å². The van der Waals surface area contributed by atoms with Crippen molar-refractivity contribution < 1.29 is 14.3 Å². The van der Waals surface area contributed by atoms with Crippen molar-refractivity contribution in [3.05, 3.63) is 77.1 Å². The molecule has 1 saturated heterocycles. The van der Waals surface area contributed by atoms with E-state index in [4.69, 9.17) is 4.74 Å². The molecule has 2 aliphatic rings. The number of carbonyl (C=O) groups excluding carboxylic acids is 2. The second-order valence-electron chi connectivity index (χ2n) is 8.80. The number of nitrogens with zero attached hydrogens (tertiary/aromatic N) is 6. The lowest BCUT2D eigenvalue weighted by molar-refractivity contribution is -0.00202. The molecule has 0 saturated carbocycles. The highest BCUT2D eigenvalue weighted by Gasteiger charge is 2.32. The summed E-state index contributed by atoms with van der Waals surface area (Å²) in [5.74, 6) is -0.177. The highest BCUT2D eigenvalue weighted by atomic mass is 16.5. The minimum atomic E-state index is -0.162. The molecule has 9 nitrogen and oxygen atoms in total. The number of ether oxygens (including phenoxy) is 1. The lowest BCUT2D eigenvalue weighted by Crippen LogP contribution is -2.50. The molecule has 5 rings (SSSR count). The van der Waals surface area contributed by atoms with Crippen LogP contribution in [0.3, 0.4) is 0 Å². The smallest absolute Gasteiger partial charge is 0.276 e. The van der Waals surface area contributed by atoms with E-state index in [0.717, 1.165) is 11.3 Å². The Morgan fingerprint density at radius 3 is 2.21 bits per heavy atom. The number of benzene rings is 2. The number of rotatable bonds is 4. The summed E-state index contributed by atoms with van der Waals surface area (Å²) in [7, 11) is 3.93. The van der Waals surface area contributed by atoms with Gasteiger partial charge in [0.1, 0.15) is 6.10 Å². The molecule has 1 atom stereocenters. The molecule has 34 heavy (non-hydrogen) atoms. The fourth-order valence-corrected chi connectivity index (χ4v) is 4.39. The van der Waals surface area contributed by atoms with Crippen LogP contribution in [0.1, 0.15) is 38.2 Å². The molecule has 0 unspecified atom stereocenters. The second-order valence-corrected chi connectivity index (χ2v) is 8.80. The number of piperazine rings is 1. The summed E-state index contributed by atoms with van der Waals surface area (Å²) in [5.41, 5.74) is 3.82. The largest absolute Gasteiger partial charge is 0.378 e. The van der Waals surface area contributed by atoms with E-state index in [9.17, 15) is 9.59 Å². The van der Waals surface area contributed by atoms with Gasteiger partial charge < -0.3 is 19.4 Å². The lowest BCUT2D eigenvalue weighted by Gasteiger charge is -2.34. The van der Waals surface area contributed by atoms with Gasteiger partial charge in [-0.1, -0.05) is 35.5 Å². The zero-order valence-electron chi connectivity index (χ0n) is 19.4. The fraction of sp³-hybridized carbons (Fsp3) is 0.360. The van der Waals surface area contributed by atoms with Crippen LogP contribution in [-0.4, -0.2) is 76.9 Å². The van der Waals surface area contributed by atoms with Crippen molar-refractivity contribution in [2.45, 2.75) is 19.3 Å². The van der Waals surface area contributed by atoms with Gasteiger partial charge in [-0.2, -0.15) is 0 Å². The molecule has 3 aromatic rings. The Labute approximate surface area is 198 Å². The lowest BCUT2D eigenvalue weighted by atomic mass is 10.1. The molecule has 1 fully saturated rings. The number of anilines is 1. The van der Waals surface area contributed by atoms with E-state index in [1.807, 2.05) is 73.6 Å². The average Bonchev–Trinajstić information content (AvgIpc) is 3.32. The van der Waals surface area contributed by atoms with E-state index in [2.05, 4.69) is 10.3 Å². The molecule has 0 spiro atoms. The summed E-state index contributed by atoms with van der Waals surface area (Å²) in [6, 6.07) is 17.5. The molecule has 0 radical (unpaired) electrons. The first kappa shape index (κ1) is 22.1. The molecule has 2 aromatic carbocycles. The summed E-state index contributed by atoms with van der Waals surface area (Å²) >= 11 is 0. The molecule has 9 heteroatoms. The Hall–Kier alpha value is -3.72. The molecule has 0 bridgehead atoms. The van der Waals surface area contributed by atoms with Gasteiger partial charge in [-0.25, -0.2) is 4.68 Å². The molecular formula is C25H28N6O3. The van der Waals surface area contributed by atoms with Gasteiger partial charge in [0.2, 0.25) is 0 Å². The molecule has 2 aliphatic heterocycles. The SMILES string of the molecule is CN(C)c1ccc(C(=O)N2CCN(C(=O)c3nnn4c3CO[C@H](c3ccccc3)C4)CC2)cc1. The number of fused-ring (bicyclic) bond motifs is 1. The van der Waals surface area contributed by atoms with Crippen molar-refractivity contribution in [2.75, 3.05) is 45.2 Å². The zero-order chi connectivity index (χ0) is 23.7. The van der Waals surface area contributed by atoms with E-state index >= 15 is 0 Å². The molecule has 0 N–H and O–H groups in total. The number of carbonyl (C=O) groups is 2. The van der Waals surface area contributed by atoms with Gasteiger partial charge in [-0.05, 0) is 29.8 Å². The van der Waals surface area contributed by atoms with E-state index in [-0.39, 0.29) is 24.5 Å². The molecule has 2 amide bonds. The van der Waals surface area contributed by atoms with Gasteiger partial charge in [0.15, 0.2) is 5.69 Å². The monoisotopic (exact) mass is 460 g/mol. The van der Waals surface area contributed by atoms with Gasteiger partial charge in [-0.3, -0.25) is 9.59 Å². The highest BCUT2D eigenvalue weighted by Crippen LogP contribution is 2.27. The van der Waals surface area contributed by atoms with Gasteiger partial charge in [0.05, 0.1) is 18.8 Å². The van der Waals surface area contributed by atoms with Crippen molar-refractivity contribution in [1.29, 1.82) is 0 Å². The van der Waals surface area contributed by atoms with Crippen LogP contribution in [0.2, 0.25) is 0 Å². The summed E-state index contributed by atoms with van der Waals surface area (Å²) in [6.45, 7) is 2.69. The van der Waals surface area contributed by atoms with Crippen molar-refractivity contribution in [1.82, 2.24) is 24.8 Å². The summed E-state index contributed by atoms with van der Waals surface area (Å²) in [6.07, 6.45) is -0.111. The Morgan fingerprint density at radius 2 is 1.56 bits per heavy atom. The maximum atomic E-state index is 13.2. The highest BCUT2D eigenvalue weighted by molar-refractivity contribution is 5.95. The van der Waals surface area contributed by atoms with Crippen molar-refractivity contribution in [3.63, 3.8) is 0 Å². The third-order valence-corrected chi connectivity index (χ3v) is 6.46. The first-order chi connectivity index (χ1) is 16.5. The third kappa shape index (κ3) is 4.26. The standard InChI is InChI=1S/C25H28N6O3/c1-28(2)20-10-8-19(9-11-20)24(32)29-12-14-30(15-13-29)25(33)23-21-17-34-22(16-31(21)27-26-23)18-6-4-3-5-7-18/h3-11,22H,12-17H2,1-2H3/t22-/m0/s1. The van der Waals surface area contributed by atoms with Gasteiger partial charge in [0, 0.05) is 51.5 Å². The Morgan fingerprint density at radius 1 is 0.912 bits per heavy atom. The predicted molar refractivity (Wildman–Crippen MR) is 127 cm³/mol. The fourth-order valence-electron chi connectivity index (χ4n) is 4.39. The Balaban J connectivity index is 1.21. The molecule has 176 valence electrons. The van der Waals surface area contributed by atoms with Crippen molar-refractivity contribution in [3.8, 4) is 0 Å². The molecule has 1 aromatic heterocycles. The van der Waals surface area contributed by atoms with E-state index in [1.54, 1.807) is 14.5 Å². The van der Waals surface area contributed by atoms with Crippen molar-refractivity contribution in [2.24, 2.45) is 0 Å². The quantitative estimate of drug-likeness (QED) is 0.594. The van der Waals surface area contributed by atoms with E-state index < -0.39 is 0 Å². The number of amides is 2. The molecule has 3 heterocycles. The Kier molecular flexibility index (Phi) is 6.02. The second kappa shape index (κ2) is 9.26. The third-order valence-electron chi connectivity index (χ3n) is 6.46. The first-order valence-electron chi connectivity index (χ1n) is 11.5. The summed E-state index contributed by atoms with van der Waals surface area (Å²) in [4.78, 5) is 31.6. The van der Waals surface area contributed by atoms with Crippen LogP contribution in [0, 0.1) is 0 Å². The van der Waals surface area contributed by atoms with Crippen LogP contribution in [-0.2, 0) is 17.9 Å². The molecule has 0 aliphatic carbocycles. The summed E-state index contributed by atoms with van der Waals surface area (Å²) in [5, 5.41) is 8.40. The topological polar surface area (TPSA) is 83.8 Å². The van der Waals surface area contributed by atoms with Crippen LogP contribution in [0.5, 0.6) is 0 Å². The van der Waals surface area contributed by atoms with Crippen LogP contribution in [0.15, 0.2) is 54.6 Å². The summed E-state index contributed by atoms with van der Waals surface area (Å²) < 4.78 is 7.79. The number of aromatic nitrogens is 3. The van der Waals surface area contributed by atoms with Crippen LogP contribution in [0.4, 0.5) is 5.69 Å². The van der Waals surface area contributed by atoms with Crippen molar-refractivity contribution >= 4 is 17.5 Å². The van der Waals surface area contributed by atoms with Gasteiger partial charge >= 0.3 is 0 Å². The number of hydrogen-bond donors (Lipinski definition) is 0.